The highest BCUT2D eigenvalue weighted by molar-refractivity contribution is 14.1. The lowest BCUT2D eigenvalue weighted by molar-refractivity contribution is 0.217. The highest BCUT2D eigenvalue weighted by Gasteiger charge is 2.25. The Bertz CT molecular complexity index is 345. The Labute approximate surface area is 104 Å². The van der Waals surface area contributed by atoms with E-state index < -0.39 is 0 Å². The fourth-order valence-electron chi connectivity index (χ4n) is 1.29. The van der Waals surface area contributed by atoms with E-state index in [9.17, 15) is 0 Å². The lowest BCUT2D eigenvalue weighted by atomic mass is 10.3. The maximum Gasteiger partial charge on any atom is 0.162 e. The molecule has 0 bridgehead atoms. The van der Waals surface area contributed by atoms with E-state index >= 15 is 0 Å². The van der Waals surface area contributed by atoms with E-state index in [1.807, 2.05) is 32.0 Å². The molecule has 1 aromatic rings. The minimum Gasteiger partial charge on any atom is -0.487 e. The summed E-state index contributed by atoms with van der Waals surface area (Å²) in [4.78, 5) is 0. The van der Waals surface area contributed by atoms with Crippen molar-refractivity contribution >= 4 is 22.6 Å². The van der Waals surface area contributed by atoms with Crippen molar-refractivity contribution < 1.29 is 9.47 Å². The molecule has 3 heteroatoms. The predicted octanol–water partition coefficient (Wildman–Crippen LogP) is 3.62. The molecule has 1 aliphatic rings. The summed E-state index contributed by atoms with van der Waals surface area (Å²) in [5.74, 6) is 1.75. The molecule has 0 amide bonds. The van der Waals surface area contributed by atoms with Gasteiger partial charge in [0, 0.05) is 3.57 Å². The summed E-state index contributed by atoms with van der Waals surface area (Å²) in [6.07, 6.45) is 2.95. The Hall–Kier alpha value is -0.450. The second kappa shape index (κ2) is 4.60. The molecular weight excluding hydrogens is 303 g/mol. The van der Waals surface area contributed by atoms with Crippen molar-refractivity contribution in [2.75, 3.05) is 0 Å². The predicted molar refractivity (Wildman–Crippen MR) is 68.6 cm³/mol. The Morgan fingerprint density at radius 3 is 2.60 bits per heavy atom. The van der Waals surface area contributed by atoms with Crippen LogP contribution in [0.4, 0.5) is 0 Å². The van der Waals surface area contributed by atoms with Gasteiger partial charge in [0.2, 0.25) is 0 Å². The van der Waals surface area contributed by atoms with E-state index in [-0.39, 0.29) is 6.10 Å². The molecule has 1 fully saturated rings. The van der Waals surface area contributed by atoms with Crippen LogP contribution in [-0.4, -0.2) is 12.2 Å². The van der Waals surface area contributed by atoms with Gasteiger partial charge >= 0.3 is 0 Å². The number of rotatable bonds is 4. The van der Waals surface area contributed by atoms with Crippen molar-refractivity contribution in [3.63, 3.8) is 0 Å². The number of benzene rings is 1. The summed E-state index contributed by atoms with van der Waals surface area (Å²) in [7, 11) is 0. The van der Waals surface area contributed by atoms with Crippen molar-refractivity contribution in [1.82, 2.24) is 0 Å². The van der Waals surface area contributed by atoms with Crippen LogP contribution >= 0.6 is 22.6 Å². The Balaban J connectivity index is 2.17. The molecule has 15 heavy (non-hydrogen) atoms. The normalized spacial score (nSPS) is 15.5. The maximum absolute atomic E-state index is 5.78. The van der Waals surface area contributed by atoms with E-state index in [0.717, 1.165) is 11.5 Å². The summed E-state index contributed by atoms with van der Waals surface area (Å²) in [5, 5.41) is 0. The molecule has 0 spiro atoms. The zero-order chi connectivity index (χ0) is 10.8. The maximum atomic E-state index is 5.78. The van der Waals surface area contributed by atoms with Crippen LogP contribution in [0.15, 0.2) is 18.2 Å². The van der Waals surface area contributed by atoms with Crippen LogP contribution in [-0.2, 0) is 0 Å². The zero-order valence-corrected chi connectivity index (χ0v) is 11.2. The van der Waals surface area contributed by atoms with Crippen LogP contribution in [0.3, 0.4) is 0 Å². The summed E-state index contributed by atoms with van der Waals surface area (Å²) < 4.78 is 12.7. The van der Waals surface area contributed by atoms with Crippen LogP contribution in [0.25, 0.3) is 0 Å². The lowest BCUT2D eigenvalue weighted by Crippen LogP contribution is -2.08. The second-order valence-electron chi connectivity index (χ2n) is 4.07. The molecule has 2 nitrogen and oxygen atoms in total. The average molecular weight is 318 g/mol. The van der Waals surface area contributed by atoms with Gasteiger partial charge in [0.1, 0.15) is 0 Å². The lowest BCUT2D eigenvalue weighted by Gasteiger charge is -2.15. The fraction of sp³-hybridized carbons (Fsp3) is 0.500. The highest BCUT2D eigenvalue weighted by Crippen LogP contribution is 2.35. The first-order valence-electron chi connectivity index (χ1n) is 5.28. The molecule has 1 aromatic carbocycles. The minimum atomic E-state index is 0.185. The smallest absolute Gasteiger partial charge is 0.162 e. The SMILES string of the molecule is CC(C)Oc1cc(I)ccc1OC1CC1. The van der Waals surface area contributed by atoms with Gasteiger partial charge in [0.15, 0.2) is 11.5 Å². The third-order valence-corrected chi connectivity index (χ3v) is 2.76. The zero-order valence-electron chi connectivity index (χ0n) is 9.00. The third kappa shape index (κ3) is 3.26. The van der Waals surface area contributed by atoms with Crippen LogP contribution in [0.1, 0.15) is 26.7 Å². The van der Waals surface area contributed by atoms with Crippen LogP contribution < -0.4 is 9.47 Å². The van der Waals surface area contributed by atoms with E-state index in [1.54, 1.807) is 0 Å². The standard InChI is InChI=1S/C12H15IO2/c1-8(2)14-12-7-9(13)3-6-11(12)15-10-4-5-10/h3,6-8,10H,4-5H2,1-2H3. The van der Waals surface area contributed by atoms with Gasteiger partial charge < -0.3 is 9.47 Å². The molecule has 0 unspecified atom stereocenters. The Kier molecular flexibility index (Phi) is 3.38. The van der Waals surface area contributed by atoms with E-state index in [2.05, 4.69) is 22.6 Å². The first kappa shape index (κ1) is 11.0. The molecule has 0 heterocycles. The van der Waals surface area contributed by atoms with Crippen LogP contribution in [0.2, 0.25) is 0 Å². The van der Waals surface area contributed by atoms with Gasteiger partial charge in [-0.2, -0.15) is 0 Å². The van der Waals surface area contributed by atoms with Crippen molar-refractivity contribution in [3.8, 4) is 11.5 Å². The molecule has 0 aromatic heterocycles. The third-order valence-electron chi connectivity index (χ3n) is 2.09. The van der Waals surface area contributed by atoms with E-state index in [4.69, 9.17) is 9.47 Å². The Morgan fingerprint density at radius 1 is 1.27 bits per heavy atom. The van der Waals surface area contributed by atoms with Crippen molar-refractivity contribution in [2.45, 2.75) is 38.9 Å². The van der Waals surface area contributed by atoms with E-state index in [0.29, 0.717) is 6.10 Å². The molecule has 0 saturated heterocycles. The first-order chi connectivity index (χ1) is 7.15. The molecule has 1 aliphatic carbocycles. The average Bonchev–Trinajstić information content (AvgIpc) is 2.92. The molecule has 2 rings (SSSR count). The van der Waals surface area contributed by atoms with Gasteiger partial charge in [-0.15, -0.1) is 0 Å². The van der Waals surface area contributed by atoms with E-state index in [1.165, 1.54) is 16.4 Å². The fourth-order valence-corrected chi connectivity index (χ4v) is 1.75. The molecule has 1 saturated carbocycles. The number of halogens is 1. The second-order valence-corrected chi connectivity index (χ2v) is 5.32. The van der Waals surface area contributed by atoms with Crippen molar-refractivity contribution in [2.24, 2.45) is 0 Å². The van der Waals surface area contributed by atoms with Gasteiger partial charge in [-0.3, -0.25) is 0 Å². The van der Waals surface area contributed by atoms with Crippen molar-refractivity contribution in [3.05, 3.63) is 21.8 Å². The summed E-state index contributed by atoms with van der Waals surface area (Å²) in [6, 6.07) is 6.07. The van der Waals surface area contributed by atoms with Crippen LogP contribution in [0, 0.1) is 3.57 Å². The van der Waals surface area contributed by atoms with Gasteiger partial charge in [-0.25, -0.2) is 0 Å². The molecule has 0 radical (unpaired) electrons. The molecule has 82 valence electrons. The van der Waals surface area contributed by atoms with Gasteiger partial charge in [-0.05, 0) is 67.5 Å². The topological polar surface area (TPSA) is 18.5 Å². The summed E-state index contributed by atoms with van der Waals surface area (Å²) in [5.41, 5.74) is 0. The van der Waals surface area contributed by atoms with Gasteiger partial charge in [0.05, 0.1) is 12.2 Å². The Morgan fingerprint density at radius 2 is 2.00 bits per heavy atom. The molecular formula is C12H15IO2. The number of hydrogen-bond acceptors (Lipinski definition) is 2. The van der Waals surface area contributed by atoms with Gasteiger partial charge in [-0.1, -0.05) is 0 Å². The van der Waals surface area contributed by atoms with Gasteiger partial charge in [0.25, 0.3) is 0 Å². The van der Waals surface area contributed by atoms with Crippen LogP contribution in [0.5, 0.6) is 11.5 Å². The summed E-state index contributed by atoms with van der Waals surface area (Å²) in [6.45, 7) is 4.06. The molecule has 0 N–H and O–H groups in total. The minimum absolute atomic E-state index is 0.185. The number of ether oxygens (including phenoxy) is 2. The van der Waals surface area contributed by atoms with Crippen molar-refractivity contribution in [1.29, 1.82) is 0 Å². The summed E-state index contributed by atoms with van der Waals surface area (Å²) >= 11 is 2.28. The quantitative estimate of drug-likeness (QED) is 0.790. The first-order valence-corrected chi connectivity index (χ1v) is 6.36. The molecule has 0 aliphatic heterocycles. The monoisotopic (exact) mass is 318 g/mol. The molecule has 0 atom stereocenters. The highest BCUT2D eigenvalue weighted by atomic mass is 127. The number of hydrogen-bond donors (Lipinski definition) is 0. The largest absolute Gasteiger partial charge is 0.487 e.